The second-order valence-electron chi connectivity index (χ2n) is 14.9. The van der Waals surface area contributed by atoms with Crippen LogP contribution in [0.25, 0.3) is 0 Å². The van der Waals surface area contributed by atoms with Gasteiger partial charge in [0, 0.05) is 11.8 Å². The van der Waals surface area contributed by atoms with Crippen LogP contribution < -0.4 is 0 Å². The van der Waals surface area contributed by atoms with Crippen LogP contribution in [-0.2, 0) is 4.79 Å². The summed E-state index contributed by atoms with van der Waals surface area (Å²) in [5.74, 6) is 2.14. The van der Waals surface area contributed by atoms with Crippen molar-refractivity contribution in [2.45, 2.75) is 126 Å². The Bertz CT molecular complexity index is 844. The van der Waals surface area contributed by atoms with Gasteiger partial charge < -0.3 is 0 Å². The first-order valence-corrected chi connectivity index (χ1v) is 13.5. The number of ketones is 1. The Morgan fingerprint density at radius 2 is 1.26 bits per heavy atom. The summed E-state index contributed by atoms with van der Waals surface area (Å²) in [4.78, 5) is 12.8. The smallest absolute Gasteiger partial charge is 0.142 e. The van der Waals surface area contributed by atoms with Gasteiger partial charge in [-0.3, -0.25) is 4.79 Å². The third-order valence-electron chi connectivity index (χ3n) is 12.8. The summed E-state index contributed by atoms with van der Waals surface area (Å²) < 4.78 is 0. The molecule has 0 aromatic rings. The molecule has 0 aromatic carbocycles. The Morgan fingerprint density at radius 3 is 1.97 bits per heavy atom. The predicted molar refractivity (Wildman–Crippen MR) is 130 cm³/mol. The third kappa shape index (κ3) is 2.70. The van der Waals surface area contributed by atoms with Gasteiger partial charge in [0.25, 0.3) is 0 Å². The van der Waals surface area contributed by atoms with Crippen molar-refractivity contribution in [2.24, 2.45) is 44.3 Å². The SMILES string of the molecule is CC1(C)CCC2(C)CCC3(C)C4CCC5=C(CCC(=O)C5(C)C)C4(C)CCC3(C)C2C1. The number of Topliss-reactive ketones (excluding diaryl/α,β-unsaturated/α-hetero) is 1. The Hall–Kier alpha value is -0.590. The molecule has 0 N–H and O–H groups in total. The van der Waals surface area contributed by atoms with Crippen LogP contribution in [0.15, 0.2) is 11.1 Å². The molecule has 1 heteroatoms. The fourth-order valence-corrected chi connectivity index (χ4v) is 10.3. The van der Waals surface area contributed by atoms with Crippen LogP contribution in [-0.4, -0.2) is 5.78 Å². The summed E-state index contributed by atoms with van der Waals surface area (Å²) >= 11 is 0. The average Bonchev–Trinajstić information content (AvgIpc) is 2.68. The Balaban J connectivity index is 1.58. The lowest BCUT2D eigenvalue weighted by Crippen LogP contribution is -2.64. The maximum Gasteiger partial charge on any atom is 0.142 e. The summed E-state index contributed by atoms with van der Waals surface area (Å²) in [5, 5.41) is 0. The van der Waals surface area contributed by atoms with Crippen molar-refractivity contribution in [2.75, 3.05) is 0 Å². The van der Waals surface area contributed by atoms with Crippen LogP contribution >= 0.6 is 0 Å². The van der Waals surface area contributed by atoms with Gasteiger partial charge in [-0.1, -0.05) is 52.7 Å². The highest BCUT2D eigenvalue weighted by Gasteiger charge is 2.68. The lowest BCUT2D eigenvalue weighted by atomic mass is 9.32. The molecule has 5 aliphatic carbocycles. The van der Waals surface area contributed by atoms with Gasteiger partial charge in [-0.25, -0.2) is 0 Å². The van der Waals surface area contributed by atoms with Crippen molar-refractivity contribution in [3.8, 4) is 0 Å². The molecule has 31 heavy (non-hydrogen) atoms. The topological polar surface area (TPSA) is 17.1 Å². The van der Waals surface area contributed by atoms with Crippen molar-refractivity contribution in [3.05, 3.63) is 11.1 Å². The summed E-state index contributed by atoms with van der Waals surface area (Å²) in [7, 11) is 0. The fraction of sp³-hybridized carbons (Fsp3) is 0.900. The average molecular weight is 425 g/mol. The molecular formula is C30H48O. The van der Waals surface area contributed by atoms with E-state index in [9.17, 15) is 4.79 Å². The van der Waals surface area contributed by atoms with Gasteiger partial charge >= 0.3 is 0 Å². The second-order valence-corrected chi connectivity index (χ2v) is 14.9. The lowest BCUT2D eigenvalue weighted by Gasteiger charge is -2.72. The van der Waals surface area contributed by atoms with Crippen LogP contribution in [0.4, 0.5) is 0 Å². The molecule has 6 atom stereocenters. The van der Waals surface area contributed by atoms with E-state index in [0.717, 1.165) is 24.7 Å². The number of fused-ring (bicyclic) bond motifs is 6. The van der Waals surface area contributed by atoms with Crippen molar-refractivity contribution < 1.29 is 4.79 Å². The second kappa shape index (κ2) is 6.29. The van der Waals surface area contributed by atoms with Gasteiger partial charge in [0.1, 0.15) is 5.78 Å². The van der Waals surface area contributed by atoms with E-state index in [4.69, 9.17) is 0 Å². The molecule has 174 valence electrons. The van der Waals surface area contributed by atoms with Crippen LogP contribution in [0.5, 0.6) is 0 Å². The third-order valence-corrected chi connectivity index (χ3v) is 12.8. The standard InChI is InChI=1S/C30H48O/c1-25(2)13-14-27(5)15-17-29(7)22-11-9-20-21(10-12-24(31)26(20,3)4)28(22,6)16-18-30(29,8)23(27)19-25/h22-23H,9-19H2,1-8H3. The van der Waals surface area contributed by atoms with E-state index in [1.54, 1.807) is 11.1 Å². The summed E-state index contributed by atoms with van der Waals surface area (Å²) in [6.07, 6.45) is 14.2. The van der Waals surface area contributed by atoms with Gasteiger partial charge in [0.2, 0.25) is 0 Å². The quantitative estimate of drug-likeness (QED) is 0.356. The van der Waals surface area contributed by atoms with Gasteiger partial charge in [-0.2, -0.15) is 0 Å². The van der Waals surface area contributed by atoms with Gasteiger partial charge in [0.05, 0.1) is 0 Å². The first kappa shape index (κ1) is 22.2. The summed E-state index contributed by atoms with van der Waals surface area (Å²) in [6, 6.07) is 0. The highest BCUT2D eigenvalue weighted by molar-refractivity contribution is 5.89. The van der Waals surface area contributed by atoms with Crippen molar-refractivity contribution in [3.63, 3.8) is 0 Å². The van der Waals surface area contributed by atoms with Crippen LogP contribution in [0.1, 0.15) is 126 Å². The zero-order valence-corrected chi connectivity index (χ0v) is 21.8. The Kier molecular flexibility index (Phi) is 4.51. The first-order chi connectivity index (χ1) is 14.2. The van der Waals surface area contributed by atoms with E-state index in [2.05, 4.69) is 55.4 Å². The van der Waals surface area contributed by atoms with Crippen LogP contribution in [0.2, 0.25) is 0 Å². The molecule has 6 unspecified atom stereocenters. The minimum Gasteiger partial charge on any atom is -0.299 e. The number of allylic oxidation sites excluding steroid dienone is 2. The predicted octanol–water partition coefficient (Wildman–Crippen LogP) is 8.52. The van der Waals surface area contributed by atoms with Crippen molar-refractivity contribution in [1.29, 1.82) is 0 Å². The van der Waals surface area contributed by atoms with Gasteiger partial charge in [-0.05, 0) is 117 Å². The highest BCUT2D eigenvalue weighted by Crippen LogP contribution is 2.76. The minimum atomic E-state index is -0.220. The van der Waals surface area contributed by atoms with Crippen LogP contribution in [0, 0.1) is 44.3 Å². The van der Waals surface area contributed by atoms with Crippen molar-refractivity contribution >= 4 is 5.78 Å². The molecule has 0 spiro atoms. The largest absolute Gasteiger partial charge is 0.299 e. The van der Waals surface area contributed by atoms with E-state index >= 15 is 0 Å². The zero-order chi connectivity index (χ0) is 22.7. The molecule has 0 saturated heterocycles. The van der Waals surface area contributed by atoms with E-state index in [1.165, 1.54) is 57.8 Å². The molecule has 1 nitrogen and oxygen atoms in total. The molecule has 0 aromatic heterocycles. The summed E-state index contributed by atoms with van der Waals surface area (Å²) in [6.45, 7) is 20.2. The first-order valence-electron chi connectivity index (χ1n) is 13.5. The molecule has 0 radical (unpaired) electrons. The van der Waals surface area contributed by atoms with Gasteiger partial charge in [-0.15, -0.1) is 0 Å². The number of carbonyl (C=O) groups excluding carboxylic acids is 1. The molecule has 0 amide bonds. The molecule has 0 heterocycles. The van der Waals surface area contributed by atoms with E-state index in [1.807, 2.05) is 0 Å². The van der Waals surface area contributed by atoms with Gasteiger partial charge in [0.15, 0.2) is 0 Å². The highest BCUT2D eigenvalue weighted by atomic mass is 16.1. The van der Waals surface area contributed by atoms with Crippen molar-refractivity contribution in [1.82, 2.24) is 0 Å². The molecular weight excluding hydrogens is 376 g/mol. The molecule has 3 saturated carbocycles. The lowest BCUT2D eigenvalue weighted by molar-refractivity contribution is -0.217. The fourth-order valence-electron chi connectivity index (χ4n) is 10.3. The Morgan fingerprint density at radius 1 is 0.645 bits per heavy atom. The number of hydrogen-bond acceptors (Lipinski definition) is 1. The van der Waals surface area contributed by atoms with Crippen LogP contribution in [0.3, 0.4) is 0 Å². The van der Waals surface area contributed by atoms with E-state index in [0.29, 0.717) is 32.9 Å². The Labute approximate surface area is 192 Å². The minimum absolute atomic E-state index is 0.220. The maximum absolute atomic E-state index is 12.8. The number of hydrogen-bond donors (Lipinski definition) is 0. The normalized spacial score (nSPS) is 50.8. The molecule has 5 rings (SSSR count). The maximum atomic E-state index is 12.8. The monoisotopic (exact) mass is 424 g/mol. The zero-order valence-electron chi connectivity index (χ0n) is 21.8. The molecule has 5 aliphatic rings. The number of carbonyl (C=O) groups is 1. The molecule has 0 bridgehead atoms. The molecule has 3 fully saturated rings. The number of rotatable bonds is 0. The summed E-state index contributed by atoms with van der Waals surface area (Å²) in [5.41, 5.74) is 5.32. The molecule has 0 aliphatic heterocycles. The van der Waals surface area contributed by atoms with E-state index in [-0.39, 0.29) is 5.41 Å². The van der Waals surface area contributed by atoms with E-state index < -0.39 is 0 Å².